The molecule has 2 N–H and O–H groups in total. The first kappa shape index (κ1) is 12.8. The number of nitrogens with one attached hydrogen (secondary N) is 2. The van der Waals surface area contributed by atoms with Crippen molar-refractivity contribution >= 4 is 17.6 Å². The molecule has 0 aliphatic carbocycles. The van der Waals surface area contributed by atoms with E-state index in [2.05, 4.69) is 5.32 Å². The molecule has 2 aromatic rings. The number of carbonyl (C=O) groups is 1. The van der Waals surface area contributed by atoms with Crippen LogP contribution in [0.3, 0.4) is 0 Å². The molecule has 1 amide bonds. The molecule has 2 rings (SSSR count). The van der Waals surface area contributed by atoms with Gasteiger partial charge in [0.25, 0.3) is 5.91 Å². The van der Waals surface area contributed by atoms with E-state index in [4.69, 9.17) is 5.41 Å². The lowest BCUT2D eigenvalue weighted by molar-refractivity contribution is 0.0976. The molecule has 0 aliphatic rings. The van der Waals surface area contributed by atoms with Crippen molar-refractivity contribution in [3.8, 4) is 0 Å². The predicted octanol–water partition coefficient (Wildman–Crippen LogP) is 2.49. The first-order chi connectivity index (χ1) is 9.18. The number of rotatable bonds is 2. The number of hydrogen-bond acceptors (Lipinski definition) is 2. The van der Waals surface area contributed by atoms with E-state index in [0.29, 0.717) is 5.56 Å². The van der Waals surface area contributed by atoms with Crippen LogP contribution < -0.4 is 10.2 Å². The van der Waals surface area contributed by atoms with Gasteiger partial charge >= 0.3 is 0 Å². The second-order valence-corrected chi connectivity index (χ2v) is 4.06. The Kier molecular flexibility index (Phi) is 3.93. The van der Waals surface area contributed by atoms with Crippen molar-refractivity contribution in [2.75, 3.05) is 11.9 Å². The van der Waals surface area contributed by atoms with Crippen LogP contribution in [0.4, 0.5) is 5.69 Å². The number of carbonyl (C=O) groups excluding carboxylic acids is 1. The van der Waals surface area contributed by atoms with Gasteiger partial charge in [0.15, 0.2) is 0 Å². The van der Waals surface area contributed by atoms with Gasteiger partial charge in [-0.2, -0.15) is 0 Å². The molecule has 2 aromatic carbocycles. The predicted molar refractivity (Wildman–Crippen MR) is 76.5 cm³/mol. The molecular formula is C15H15N3O. The van der Waals surface area contributed by atoms with Crippen molar-refractivity contribution in [2.24, 2.45) is 0 Å². The Morgan fingerprint density at radius 2 is 1.53 bits per heavy atom. The Balaban J connectivity index is 2.04. The summed E-state index contributed by atoms with van der Waals surface area (Å²) in [7, 11) is 1.74. The molecule has 0 saturated heterocycles. The molecule has 0 bridgehead atoms. The maximum Gasteiger partial charge on any atom is 0.257 e. The molecule has 0 fully saturated rings. The Hall–Kier alpha value is -2.62. The SMILES string of the molecule is CN(C(=N)NC(=O)c1ccccc1)c1ccccc1. The molecule has 0 atom stereocenters. The third kappa shape index (κ3) is 3.19. The zero-order valence-corrected chi connectivity index (χ0v) is 10.6. The summed E-state index contributed by atoms with van der Waals surface area (Å²) < 4.78 is 0. The highest BCUT2D eigenvalue weighted by molar-refractivity contribution is 6.09. The average Bonchev–Trinajstić information content (AvgIpc) is 2.48. The van der Waals surface area contributed by atoms with E-state index in [1.807, 2.05) is 36.4 Å². The fourth-order valence-corrected chi connectivity index (χ4v) is 1.63. The lowest BCUT2D eigenvalue weighted by atomic mass is 10.2. The minimum absolute atomic E-state index is 0.0417. The van der Waals surface area contributed by atoms with Crippen LogP contribution in [-0.2, 0) is 0 Å². The number of guanidine groups is 1. The Morgan fingerprint density at radius 3 is 2.11 bits per heavy atom. The normalized spacial score (nSPS) is 9.74. The number of anilines is 1. The van der Waals surface area contributed by atoms with Gasteiger partial charge in [0.05, 0.1) is 0 Å². The summed E-state index contributed by atoms with van der Waals surface area (Å²) in [6.45, 7) is 0. The third-order valence-corrected chi connectivity index (χ3v) is 2.75. The average molecular weight is 253 g/mol. The largest absolute Gasteiger partial charge is 0.316 e. The van der Waals surface area contributed by atoms with E-state index < -0.39 is 0 Å². The van der Waals surface area contributed by atoms with Gasteiger partial charge in [-0.05, 0) is 24.3 Å². The van der Waals surface area contributed by atoms with Gasteiger partial charge in [-0.15, -0.1) is 0 Å². The summed E-state index contributed by atoms with van der Waals surface area (Å²) in [5, 5.41) is 10.5. The zero-order chi connectivity index (χ0) is 13.7. The maximum absolute atomic E-state index is 11.9. The number of benzene rings is 2. The number of amides is 1. The second-order valence-electron chi connectivity index (χ2n) is 4.06. The number of hydrogen-bond donors (Lipinski definition) is 2. The molecule has 0 unspecified atom stereocenters. The van der Waals surface area contributed by atoms with E-state index in [1.165, 1.54) is 0 Å². The van der Waals surface area contributed by atoms with Crippen LogP contribution in [0.5, 0.6) is 0 Å². The van der Waals surface area contributed by atoms with Crippen LogP contribution >= 0.6 is 0 Å². The van der Waals surface area contributed by atoms with E-state index >= 15 is 0 Å². The van der Waals surface area contributed by atoms with Gasteiger partial charge in [0.2, 0.25) is 5.96 Å². The lowest BCUT2D eigenvalue weighted by Crippen LogP contribution is -2.41. The van der Waals surface area contributed by atoms with Crippen molar-refractivity contribution in [3.05, 3.63) is 66.2 Å². The van der Waals surface area contributed by atoms with Crippen molar-refractivity contribution < 1.29 is 4.79 Å². The fraction of sp³-hybridized carbons (Fsp3) is 0.0667. The Labute approximate surface area is 112 Å². The first-order valence-electron chi connectivity index (χ1n) is 5.92. The van der Waals surface area contributed by atoms with E-state index in [0.717, 1.165) is 5.69 Å². The summed E-state index contributed by atoms with van der Waals surface area (Å²) in [4.78, 5) is 13.5. The molecule has 96 valence electrons. The van der Waals surface area contributed by atoms with Crippen molar-refractivity contribution in [3.63, 3.8) is 0 Å². The Bertz CT molecular complexity index is 566. The minimum Gasteiger partial charge on any atom is -0.316 e. The lowest BCUT2D eigenvalue weighted by Gasteiger charge is -2.20. The molecule has 0 aromatic heterocycles. The standard InChI is InChI=1S/C15H15N3O/c1-18(13-10-6-3-7-11-13)15(16)17-14(19)12-8-4-2-5-9-12/h2-11H,1H3,(H2,16,17,19). The highest BCUT2D eigenvalue weighted by Crippen LogP contribution is 2.10. The topological polar surface area (TPSA) is 56.2 Å². The monoisotopic (exact) mass is 253 g/mol. The van der Waals surface area contributed by atoms with Crippen molar-refractivity contribution in [2.45, 2.75) is 0 Å². The van der Waals surface area contributed by atoms with Gasteiger partial charge < -0.3 is 4.90 Å². The first-order valence-corrected chi connectivity index (χ1v) is 5.92. The van der Waals surface area contributed by atoms with Crippen LogP contribution in [0, 0.1) is 5.41 Å². The van der Waals surface area contributed by atoms with Crippen molar-refractivity contribution in [1.82, 2.24) is 5.32 Å². The van der Waals surface area contributed by atoms with E-state index in [-0.39, 0.29) is 11.9 Å². The molecular weight excluding hydrogens is 238 g/mol. The van der Waals surface area contributed by atoms with Crippen LogP contribution in [0.2, 0.25) is 0 Å². The number of para-hydroxylation sites is 1. The van der Waals surface area contributed by atoms with E-state index in [9.17, 15) is 4.79 Å². The van der Waals surface area contributed by atoms with Gasteiger partial charge in [-0.25, -0.2) is 0 Å². The Morgan fingerprint density at radius 1 is 1.00 bits per heavy atom. The van der Waals surface area contributed by atoms with Crippen LogP contribution in [0.25, 0.3) is 0 Å². The summed E-state index contributed by atoms with van der Waals surface area (Å²) in [6.07, 6.45) is 0. The van der Waals surface area contributed by atoms with Crippen LogP contribution in [-0.4, -0.2) is 18.9 Å². The molecule has 0 spiro atoms. The summed E-state index contributed by atoms with van der Waals surface area (Å²) in [6, 6.07) is 18.3. The van der Waals surface area contributed by atoms with Crippen molar-refractivity contribution in [1.29, 1.82) is 5.41 Å². The fourth-order valence-electron chi connectivity index (χ4n) is 1.63. The highest BCUT2D eigenvalue weighted by atomic mass is 16.1. The molecule has 0 radical (unpaired) electrons. The molecule has 19 heavy (non-hydrogen) atoms. The van der Waals surface area contributed by atoms with Crippen LogP contribution in [0.15, 0.2) is 60.7 Å². The third-order valence-electron chi connectivity index (χ3n) is 2.75. The minimum atomic E-state index is -0.284. The highest BCUT2D eigenvalue weighted by Gasteiger charge is 2.11. The van der Waals surface area contributed by atoms with Gasteiger partial charge in [-0.1, -0.05) is 36.4 Å². The molecule has 0 aliphatic heterocycles. The second kappa shape index (κ2) is 5.82. The zero-order valence-electron chi connectivity index (χ0n) is 10.6. The van der Waals surface area contributed by atoms with Crippen LogP contribution in [0.1, 0.15) is 10.4 Å². The summed E-state index contributed by atoms with van der Waals surface area (Å²) >= 11 is 0. The summed E-state index contributed by atoms with van der Waals surface area (Å²) in [5.41, 5.74) is 1.38. The molecule has 4 nitrogen and oxygen atoms in total. The van der Waals surface area contributed by atoms with Gasteiger partial charge in [0, 0.05) is 18.3 Å². The van der Waals surface area contributed by atoms with Gasteiger partial charge in [-0.3, -0.25) is 15.5 Å². The number of nitrogens with zero attached hydrogens (tertiary/aromatic N) is 1. The quantitative estimate of drug-likeness (QED) is 0.638. The molecule has 0 saturated carbocycles. The summed E-state index contributed by atoms with van der Waals surface area (Å²) in [5.74, 6) is -0.242. The van der Waals surface area contributed by atoms with Gasteiger partial charge in [0.1, 0.15) is 0 Å². The molecule has 4 heteroatoms. The maximum atomic E-state index is 11.9. The molecule has 0 heterocycles. The smallest absolute Gasteiger partial charge is 0.257 e. The van der Waals surface area contributed by atoms with E-state index in [1.54, 1.807) is 36.2 Å².